The summed E-state index contributed by atoms with van der Waals surface area (Å²) < 4.78 is 52.4. The van der Waals surface area contributed by atoms with Crippen molar-refractivity contribution in [2.75, 3.05) is 25.5 Å². The summed E-state index contributed by atoms with van der Waals surface area (Å²) in [7, 11) is 1.50. The first-order valence-electron chi connectivity index (χ1n) is 8.03. The van der Waals surface area contributed by atoms with Crippen molar-refractivity contribution >= 4 is 17.6 Å². The van der Waals surface area contributed by atoms with Crippen molar-refractivity contribution < 1.29 is 22.4 Å². The van der Waals surface area contributed by atoms with Gasteiger partial charge in [0, 0.05) is 13.6 Å². The lowest BCUT2D eigenvalue weighted by Crippen LogP contribution is -2.42. The van der Waals surface area contributed by atoms with E-state index in [4.69, 9.17) is 0 Å². The van der Waals surface area contributed by atoms with Crippen LogP contribution in [-0.2, 0) is 11.2 Å². The van der Waals surface area contributed by atoms with E-state index in [-0.39, 0.29) is 12.4 Å². The third-order valence-corrected chi connectivity index (χ3v) is 3.57. The molecular formula is C18H18F4N4O. The molecule has 0 unspecified atom stereocenters. The van der Waals surface area contributed by atoms with Crippen molar-refractivity contribution in [1.82, 2.24) is 10.6 Å². The van der Waals surface area contributed by atoms with E-state index < -0.39 is 29.0 Å². The highest BCUT2D eigenvalue weighted by atomic mass is 19.2. The molecular weight excluding hydrogens is 364 g/mol. The van der Waals surface area contributed by atoms with Crippen LogP contribution in [0.2, 0.25) is 0 Å². The highest BCUT2D eigenvalue weighted by Crippen LogP contribution is 2.19. The molecule has 2 aromatic rings. The molecule has 27 heavy (non-hydrogen) atoms. The maximum absolute atomic E-state index is 13.5. The van der Waals surface area contributed by atoms with Crippen LogP contribution in [0, 0.1) is 23.3 Å². The number of carbonyl (C=O) groups is 1. The fourth-order valence-electron chi connectivity index (χ4n) is 2.18. The molecule has 2 rings (SSSR count). The van der Waals surface area contributed by atoms with Gasteiger partial charge in [0.2, 0.25) is 5.91 Å². The third kappa shape index (κ3) is 5.98. The second-order valence-electron chi connectivity index (χ2n) is 5.50. The lowest BCUT2D eigenvalue weighted by molar-refractivity contribution is -0.115. The van der Waals surface area contributed by atoms with Crippen LogP contribution in [-0.4, -0.2) is 32.0 Å². The number of guanidine groups is 1. The Morgan fingerprint density at radius 2 is 1.67 bits per heavy atom. The molecule has 144 valence electrons. The topological polar surface area (TPSA) is 65.5 Å². The molecule has 0 fully saturated rings. The number of rotatable bonds is 6. The Bertz CT molecular complexity index is 825. The van der Waals surface area contributed by atoms with Gasteiger partial charge in [0.15, 0.2) is 23.4 Å². The fraction of sp³-hybridized carbons (Fsp3) is 0.222. The van der Waals surface area contributed by atoms with Gasteiger partial charge in [-0.15, -0.1) is 0 Å². The summed E-state index contributed by atoms with van der Waals surface area (Å²) in [5.41, 5.74) is 0.464. The predicted molar refractivity (Wildman–Crippen MR) is 94.4 cm³/mol. The van der Waals surface area contributed by atoms with Gasteiger partial charge in [-0.1, -0.05) is 12.1 Å². The van der Waals surface area contributed by atoms with E-state index in [0.717, 1.165) is 17.7 Å². The number of halogens is 4. The van der Waals surface area contributed by atoms with E-state index >= 15 is 0 Å². The molecule has 0 aliphatic rings. The molecule has 0 spiro atoms. The SMILES string of the molecule is CN=C(NCCc1ccc(F)cc1)NCC(=O)Nc1ccc(F)c(F)c1F. The number of anilines is 1. The van der Waals surface area contributed by atoms with Crippen molar-refractivity contribution in [2.24, 2.45) is 4.99 Å². The first-order valence-corrected chi connectivity index (χ1v) is 8.03. The van der Waals surface area contributed by atoms with Crippen LogP contribution in [0.4, 0.5) is 23.2 Å². The first-order chi connectivity index (χ1) is 12.9. The molecule has 3 N–H and O–H groups in total. The van der Waals surface area contributed by atoms with E-state index in [1.54, 1.807) is 12.1 Å². The quantitative estimate of drug-likeness (QED) is 0.311. The number of nitrogens with one attached hydrogen (secondary N) is 3. The van der Waals surface area contributed by atoms with Gasteiger partial charge in [-0.25, -0.2) is 17.6 Å². The zero-order chi connectivity index (χ0) is 19.8. The highest BCUT2D eigenvalue weighted by molar-refractivity contribution is 5.95. The van der Waals surface area contributed by atoms with Gasteiger partial charge >= 0.3 is 0 Å². The number of benzene rings is 2. The Kier molecular flexibility index (Phi) is 7.16. The van der Waals surface area contributed by atoms with Gasteiger partial charge in [0.05, 0.1) is 12.2 Å². The summed E-state index contributed by atoms with van der Waals surface area (Å²) in [5, 5.41) is 7.81. The van der Waals surface area contributed by atoms with Crippen molar-refractivity contribution in [1.29, 1.82) is 0 Å². The van der Waals surface area contributed by atoms with Gasteiger partial charge in [-0.05, 0) is 36.2 Å². The van der Waals surface area contributed by atoms with E-state index in [1.165, 1.54) is 19.2 Å². The molecule has 0 aromatic heterocycles. The normalized spacial score (nSPS) is 11.2. The summed E-state index contributed by atoms with van der Waals surface area (Å²) in [6, 6.07) is 7.71. The lowest BCUT2D eigenvalue weighted by atomic mass is 10.1. The van der Waals surface area contributed by atoms with Crippen LogP contribution >= 0.6 is 0 Å². The second kappa shape index (κ2) is 9.56. The van der Waals surface area contributed by atoms with Crippen molar-refractivity contribution in [3.63, 3.8) is 0 Å². The second-order valence-corrected chi connectivity index (χ2v) is 5.50. The molecule has 0 heterocycles. The Morgan fingerprint density at radius 3 is 2.33 bits per heavy atom. The minimum Gasteiger partial charge on any atom is -0.356 e. The smallest absolute Gasteiger partial charge is 0.243 e. The Morgan fingerprint density at radius 1 is 0.963 bits per heavy atom. The van der Waals surface area contributed by atoms with Gasteiger partial charge in [0.1, 0.15) is 5.82 Å². The molecule has 0 saturated carbocycles. The van der Waals surface area contributed by atoms with Crippen molar-refractivity contribution in [3.8, 4) is 0 Å². The van der Waals surface area contributed by atoms with Crippen molar-refractivity contribution in [3.05, 3.63) is 65.2 Å². The van der Waals surface area contributed by atoms with Gasteiger partial charge in [-0.2, -0.15) is 0 Å². The molecule has 0 atom stereocenters. The Balaban J connectivity index is 1.79. The van der Waals surface area contributed by atoms with Gasteiger partial charge in [-0.3, -0.25) is 9.79 Å². The minimum absolute atomic E-state index is 0.269. The molecule has 2 aromatic carbocycles. The third-order valence-electron chi connectivity index (χ3n) is 3.57. The summed E-state index contributed by atoms with van der Waals surface area (Å²) in [6.45, 7) is 0.208. The first kappa shape index (κ1) is 20.2. The summed E-state index contributed by atoms with van der Waals surface area (Å²) in [5.74, 6) is -5.12. The standard InChI is InChI=1S/C18H18F4N4O/c1-23-18(24-9-8-11-2-4-12(19)5-3-11)25-10-15(27)26-14-7-6-13(20)16(21)17(14)22/h2-7H,8-10H2,1H3,(H,26,27)(H2,23,24,25). The van der Waals surface area contributed by atoms with Crippen LogP contribution in [0.15, 0.2) is 41.4 Å². The fourth-order valence-corrected chi connectivity index (χ4v) is 2.18. The molecule has 0 bridgehead atoms. The van der Waals surface area contributed by atoms with E-state index in [0.29, 0.717) is 18.9 Å². The average molecular weight is 382 g/mol. The van der Waals surface area contributed by atoms with Crippen LogP contribution in [0.25, 0.3) is 0 Å². The average Bonchev–Trinajstić information content (AvgIpc) is 2.66. The molecule has 0 aliphatic carbocycles. The maximum Gasteiger partial charge on any atom is 0.243 e. The number of hydrogen-bond donors (Lipinski definition) is 3. The summed E-state index contributed by atoms with van der Waals surface area (Å²) in [4.78, 5) is 15.8. The van der Waals surface area contributed by atoms with Gasteiger partial charge in [0.25, 0.3) is 0 Å². The van der Waals surface area contributed by atoms with E-state index in [9.17, 15) is 22.4 Å². The number of amides is 1. The molecule has 5 nitrogen and oxygen atoms in total. The molecule has 9 heteroatoms. The Hall–Kier alpha value is -3.10. The maximum atomic E-state index is 13.5. The highest BCUT2D eigenvalue weighted by Gasteiger charge is 2.15. The van der Waals surface area contributed by atoms with Crippen LogP contribution in [0.5, 0.6) is 0 Å². The monoisotopic (exact) mass is 382 g/mol. The van der Waals surface area contributed by atoms with Gasteiger partial charge < -0.3 is 16.0 Å². The predicted octanol–water partition coefficient (Wildman–Crippen LogP) is 2.59. The van der Waals surface area contributed by atoms with Crippen molar-refractivity contribution in [2.45, 2.75) is 6.42 Å². The summed E-state index contributed by atoms with van der Waals surface area (Å²) >= 11 is 0. The zero-order valence-electron chi connectivity index (χ0n) is 14.5. The van der Waals surface area contributed by atoms with Crippen LogP contribution in [0.1, 0.15) is 5.56 Å². The number of aliphatic imine (C=N–C) groups is 1. The number of nitrogens with zero attached hydrogens (tertiary/aromatic N) is 1. The van der Waals surface area contributed by atoms with E-state index in [2.05, 4.69) is 20.9 Å². The molecule has 0 saturated heterocycles. The zero-order valence-corrected chi connectivity index (χ0v) is 14.5. The molecule has 1 amide bonds. The number of hydrogen-bond acceptors (Lipinski definition) is 2. The molecule has 0 radical (unpaired) electrons. The van der Waals surface area contributed by atoms with Crippen LogP contribution < -0.4 is 16.0 Å². The lowest BCUT2D eigenvalue weighted by Gasteiger charge is -2.12. The van der Waals surface area contributed by atoms with Crippen LogP contribution in [0.3, 0.4) is 0 Å². The summed E-state index contributed by atoms with van der Waals surface area (Å²) in [6.07, 6.45) is 0.604. The van der Waals surface area contributed by atoms with E-state index in [1.807, 2.05) is 0 Å². The largest absolute Gasteiger partial charge is 0.356 e. The number of carbonyl (C=O) groups excluding carboxylic acids is 1. The minimum atomic E-state index is -1.65. The Labute approximate surface area is 153 Å². The molecule has 0 aliphatic heterocycles.